The van der Waals surface area contributed by atoms with E-state index in [0.29, 0.717) is 5.41 Å². The SMILES string of the molecule is CC(C)(C)[c-]1cccc1.[Fe].[c-]1[c-][c-][cH-][c-]1. The Kier molecular flexibility index (Phi) is 6.31. The minimum Gasteiger partial charge on any atom is -0.999 e. The van der Waals surface area contributed by atoms with E-state index in [0.717, 1.165) is 0 Å². The predicted molar refractivity (Wildman–Crippen MR) is 58.1 cm³/mol. The topological polar surface area (TPSA) is 0 Å². The van der Waals surface area contributed by atoms with Gasteiger partial charge in [0.2, 0.25) is 0 Å². The summed E-state index contributed by atoms with van der Waals surface area (Å²) in [5.41, 5.74) is 1.74. The van der Waals surface area contributed by atoms with E-state index in [2.05, 4.69) is 69.3 Å². The second-order valence-corrected chi connectivity index (χ2v) is 4.11. The van der Waals surface area contributed by atoms with E-state index in [-0.39, 0.29) is 17.1 Å². The molecule has 0 spiro atoms. The van der Waals surface area contributed by atoms with E-state index >= 15 is 0 Å². The number of hydrogen-bond donors (Lipinski definition) is 0. The van der Waals surface area contributed by atoms with E-state index in [1.54, 1.807) is 6.07 Å². The summed E-state index contributed by atoms with van der Waals surface area (Å²) in [5, 5.41) is 0. The Balaban J connectivity index is 0.000000280. The summed E-state index contributed by atoms with van der Waals surface area (Å²) in [4.78, 5) is 0. The van der Waals surface area contributed by atoms with Crippen LogP contribution < -0.4 is 0 Å². The predicted octanol–water partition coefficient (Wildman–Crippen LogP) is 3.31. The summed E-state index contributed by atoms with van der Waals surface area (Å²) >= 11 is 0. The Morgan fingerprint density at radius 2 is 1.47 bits per heavy atom. The Morgan fingerprint density at radius 3 is 1.67 bits per heavy atom. The third-order valence-corrected chi connectivity index (χ3v) is 1.88. The zero-order valence-electron chi connectivity index (χ0n) is 9.24. The third-order valence-electron chi connectivity index (χ3n) is 1.88. The Labute approximate surface area is 104 Å². The van der Waals surface area contributed by atoms with Crippen molar-refractivity contribution in [2.45, 2.75) is 26.2 Å². The molecule has 0 radical (unpaired) electrons. The average molecular weight is 238 g/mol. The maximum absolute atomic E-state index is 2.62. The van der Waals surface area contributed by atoms with Crippen molar-refractivity contribution in [2.75, 3.05) is 0 Å². The van der Waals surface area contributed by atoms with Crippen LogP contribution in [0.2, 0.25) is 0 Å². The van der Waals surface area contributed by atoms with Crippen LogP contribution in [-0.4, -0.2) is 0 Å². The van der Waals surface area contributed by atoms with Gasteiger partial charge in [-0.05, 0) is 0 Å². The zero-order chi connectivity index (χ0) is 10.4. The average Bonchev–Trinajstić information content (AvgIpc) is 2.80. The van der Waals surface area contributed by atoms with Crippen LogP contribution in [-0.2, 0) is 22.5 Å². The molecule has 0 saturated carbocycles. The summed E-state index contributed by atoms with van der Waals surface area (Å²) in [6.07, 6.45) is 0. The van der Waals surface area contributed by atoms with E-state index in [1.165, 1.54) is 5.56 Å². The molecule has 0 atom stereocenters. The zero-order valence-corrected chi connectivity index (χ0v) is 10.3. The molecule has 0 amide bonds. The molecule has 0 aliphatic heterocycles. The maximum atomic E-state index is 2.62. The Morgan fingerprint density at radius 1 is 1.00 bits per heavy atom. The molecular weight excluding hydrogens is 224 g/mol. The van der Waals surface area contributed by atoms with Crippen LogP contribution in [0.25, 0.3) is 0 Å². The van der Waals surface area contributed by atoms with Crippen molar-refractivity contribution in [1.82, 2.24) is 0 Å². The van der Waals surface area contributed by atoms with Gasteiger partial charge in [-0.25, -0.2) is 12.1 Å². The maximum Gasteiger partial charge on any atom is 0 e. The molecule has 0 aliphatic carbocycles. The van der Waals surface area contributed by atoms with Gasteiger partial charge in [-0.2, -0.15) is 17.7 Å². The summed E-state index contributed by atoms with van der Waals surface area (Å²) in [6.45, 7) is 6.67. The first-order valence-electron chi connectivity index (χ1n) is 4.65. The van der Waals surface area contributed by atoms with E-state index in [9.17, 15) is 0 Å². The van der Waals surface area contributed by atoms with Crippen LogP contribution in [0.5, 0.6) is 0 Å². The first-order valence-corrected chi connectivity index (χ1v) is 4.65. The van der Waals surface area contributed by atoms with Gasteiger partial charge in [0.25, 0.3) is 0 Å². The molecule has 2 aromatic carbocycles. The summed E-state index contributed by atoms with van der Waals surface area (Å²) in [5.74, 6) is 0. The molecule has 0 N–H and O–H groups in total. The molecule has 84 valence electrons. The van der Waals surface area contributed by atoms with Gasteiger partial charge in [0.05, 0.1) is 0 Å². The molecule has 15 heavy (non-hydrogen) atoms. The van der Waals surface area contributed by atoms with Gasteiger partial charge in [-0.1, -0.05) is 26.2 Å². The normalized spacial score (nSPS) is 9.80. The molecule has 0 bridgehead atoms. The second-order valence-electron chi connectivity index (χ2n) is 4.11. The fourth-order valence-electron chi connectivity index (χ4n) is 1.05. The van der Waals surface area contributed by atoms with E-state index in [4.69, 9.17) is 0 Å². The Hall–Kier alpha value is -0.781. The fraction of sp³-hybridized carbons (Fsp3) is 0.286. The molecule has 0 saturated heterocycles. The minimum atomic E-state index is 0. The van der Waals surface area contributed by atoms with Crippen LogP contribution in [0.4, 0.5) is 0 Å². The van der Waals surface area contributed by atoms with Crippen molar-refractivity contribution < 1.29 is 17.1 Å². The van der Waals surface area contributed by atoms with Crippen LogP contribution in [0.3, 0.4) is 0 Å². The van der Waals surface area contributed by atoms with E-state index < -0.39 is 0 Å². The molecule has 0 fully saturated rings. The molecule has 0 aliphatic rings. The second kappa shape index (κ2) is 6.66. The van der Waals surface area contributed by atoms with Crippen molar-refractivity contribution in [3.63, 3.8) is 0 Å². The van der Waals surface area contributed by atoms with Gasteiger partial charge < -0.3 is 30.3 Å². The largest absolute Gasteiger partial charge is 0.999 e. The standard InChI is InChI=1S/C9H13.C5H.Fe/c1-9(2,3)8-6-4-5-7-8;1-2-4-5-3-1;/h4-7H,1-3H3;1H;/q-1;-5;. The van der Waals surface area contributed by atoms with Gasteiger partial charge in [-0.3, -0.25) is 0 Å². The molecule has 0 nitrogen and oxygen atoms in total. The molecule has 0 unspecified atom stereocenters. The molecule has 1 heteroatoms. The molecule has 2 aromatic rings. The fourth-order valence-corrected chi connectivity index (χ4v) is 1.05. The first kappa shape index (κ1) is 14.2. The summed E-state index contributed by atoms with van der Waals surface area (Å²) < 4.78 is 0. The van der Waals surface area contributed by atoms with Crippen LogP contribution in [0.1, 0.15) is 26.3 Å². The number of hydrogen-bond acceptors (Lipinski definition) is 0. The van der Waals surface area contributed by atoms with Crippen LogP contribution >= 0.6 is 0 Å². The minimum absolute atomic E-state index is 0. The molecular formula is C14H14Fe-6. The smallest absolute Gasteiger partial charge is 0 e. The van der Waals surface area contributed by atoms with Gasteiger partial charge in [0, 0.05) is 17.1 Å². The van der Waals surface area contributed by atoms with Crippen molar-refractivity contribution in [3.8, 4) is 0 Å². The summed E-state index contributed by atoms with van der Waals surface area (Å²) in [6, 6.07) is 20.5. The van der Waals surface area contributed by atoms with E-state index in [1.807, 2.05) is 0 Å². The van der Waals surface area contributed by atoms with Crippen molar-refractivity contribution in [1.29, 1.82) is 0 Å². The van der Waals surface area contributed by atoms with Crippen LogP contribution in [0.15, 0.2) is 30.3 Å². The van der Waals surface area contributed by atoms with Gasteiger partial charge in [0.15, 0.2) is 0 Å². The molecule has 2 rings (SSSR count). The molecule has 0 aromatic heterocycles. The van der Waals surface area contributed by atoms with Gasteiger partial charge in [-0.15, -0.1) is 0 Å². The summed E-state index contributed by atoms with van der Waals surface area (Å²) in [7, 11) is 0. The van der Waals surface area contributed by atoms with Crippen molar-refractivity contribution >= 4 is 0 Å². The van der Waals surface area contributed by atoms with Crippen LogP contribution in [0, 0.1) is 24.3 Å². The number of rotatable bonds is 0. The van der Waals surface area contributed by atoms with Gasteiger partial charge in [0.1, 0.15) is 0 Å². The Bertz CT molecular complexity index is 291. The third kappa shape index (κ3) is 5.61. The monoisotopic (exact) mass is 238 g/mol. The van der Waals surface area contributed by atoms with Crippen molar-refractivity contribution in [3.05, 3.63) is 60.2 Å². The first-order chi connectivity index (χ1) is 6.61. The van der Waals surface area contributed by atoms with Gasteiger partial charge >= 0.3 is 0 Å². The van der Waals surface area contributed by atoms with Crippen molar-refractivity contribution in [2.24, 2.45) is 0 Å². The molecule has 0 heterocycles. The quantitative estimate of drug-likeness (QED) is 0.488.